The van der Waals surface area contributed by atoms with Crippen LogP contribution in [0.15, 0.2) is 85.3 Å². The van der Waals surface area contributed by atoms with Crippen LogP contribution in [0.5, 0.6) is 0 Å². The van der Waals surface area contributed by atoms with Gasteiger partial charge in [0.05, 0.1) is 22.5 Å². The maximum Gasteiger partial charge on any atom is 0.257 e. The lowest BCUT2D eigenvalue weighted by Crippen LogP contribution is -2.15. The molecule has 0 aliphatic carbocycles. The third-order valence-corrected chi connectivity index (χ3v) is 3.91. The second-order valence-corrected chi connectivity index (χ2v) is 5.44. The van der Waals surface area contributed by atoms with Crippen molar-refractivity contribution in [3.8, 4) is 5.69 Å². The number of hydrogen-bond donors (Lipinski definition) is 1. The highest BCUT2D eigenvalue weighted by Gasteiger charge is 2.13. The molecule has 1 amide bonds. The van der Waals surface area contributed by atoms with Gasteiger partial charge in [0.15, 0.2) is 0 Å². The van der Waals surface area contributed by atoms with Gasteiger partial charge in [0.2, 0.25) is 0 Å². The number of anilines is 1. The molecule has 0 fully saturated rings. The number of pyridine rings is 1. The molecular formula is C20H15N3O. The molecule has 116 valence electrons. The van der Waals surface area contributed by atoms with E-state index in [2.05, 4.69) is 10.3 Å². The number of rotatable bonds is 3. The topological polar surface area (TPSA) is 46.9 Å². The number of nitrogens with zero attached hydrogens (tertiary/aromatic N) is 2. The van der Waals surface area contributed by atoms with E-state index in [1.54, 1.807) is 6.20 Å². The molecule has 2 heterocycles. The largest absolute Gasteiger partial charge is 0.323 e. The van der Waals surface area contributed by atoms with Crippen LogP contribution in [0, 0.1) is 0 Å². The van der Waals surface area contributed by atoms with Gasteiger partial charge in [-0.1, -0.05) is 30.3 Å². The zero-order valence-corrected chi connectivity index (χ0v) is 12.9. The quantitative estimate of drug-likeness (QED) is 0.614. The minimum atomic E-state index is -0.155. The molecule has 0 saturated carbocycles. The van der Waals surface area contributed by atoms with Crippen LogP contribution in [0.1, 0.15) is 10.4 Å². The lowest BCUT2D eigenvalue weighted by Gasteiger charge is -2.12. The van der Waals surface area contributed by atoms with Crippen molar-refractivity contribution in [2.24, 2.45) is 0 Å². The highest BCUT2D eigenvalue weighted by molar-refractivity contribution is 6.10. The van der Waals surface area contributed by atoms with Crippen molar-refractivity contribution in [3.05, 3.63) is 90.9 Å². The molecule has 0 unspecified atom stereocenters. The van der Waals surface area contributed by atoms with E-state index < -0.39 is 0 Å². The standard InChI is InChI=1S/C20H15N3O/c24-20(16-9-1-2-11-18(16)23-13-3-4-14-23)22-17-10-5-7-15-8-6-12-21-19(15)17/h1-14H,(H,22,24). The van der Waals surface area contributed by atoms with Crippen molar-refractivity contribution < 1.29 is 4.79 Å². The highest BCUT2D eigenvalue weighted by atomic mass is 16.1. The fraction of sp³-hybridized carbons (Fsp3) is 0. The Balaban J connectivity index is 1.73. The Morgan fingerprint density at radius 1 is 0.875 bits per heavy atom. The number of amides is 1. The SMILES string of the molecule is O=C(Nc1cccc2cccnc12)c1ccccc1-n1cccc1. The molecule has 1 N–H and O–H groups in total. The zero-order chi connectivity index (χ0) is 16.4. The summed E-state index contributed by atoms with van der Waals surface area (Å²) >= 11 is 0. The van der Waals surface area contributed by atoms with Crippen molar-refractivity contribution in [3.63, 3.8) is 0 Å². The summed E-state index contributed by atoms with van der Waals surface area (Å²) in [7, 11) is 0. The van der Waals surface area contributed by atoms with Crippen molar-refractivity contribution in [2.75, 3.05) is 5.32 Å². The lowest BCUT2D eigenvalue weighted by atomic mass is 10.1. The van der Waals surface area contributed by atoms with Crippen LogP contribution >= 0.6 is 0 Å². The molecule has 4 aromatic rings. The smallest absolute Gasteiger partial charge is 0.257 e. The van der Waals surface area contributed by atoms with E-state index in [-0.39, 0.29) is 5.91 Å². The van der Waals surface area contributed by atoms with E-state index in [4.69, 9.17) is 0 Å². The van der Waals surface area contributed by atoms with Crippen LogP contribution in [0.3, 0.4) is 0 Å². The molecule has 2 aromatic carbocycles. The minimum Gasteiger partial charge on any atom is -0.323 e. The van der Waals surface area contributed by atoms with Gasteiger partial charge in [0.25, 0.3) is 5.91 Å². The fourth-order valence-corrected chi connectivity index (χ4v) is 2.78. The van der Waals surface area contributed by atoms with Gasteiger partial charge in [-0.05, 0) is 36.4 Å². The molecule has 4 nitrogen and oxygen atoms in total. The first-order valence-corrected chi connectivity index (χ1v) is 7.70. The van der Waals surface area contributed by atoms with E-state index in [1.165, 1.54) is 0 Å². The van der Waals surface area contributed by atoms with E-state index in [9.17, 15) is 4.79 Å². The van der Waals surface area contributed by atoms with E-state index in [0.29, 0.717) is 11.3 Å². The van der Waals surface area contributed by atoms with Crippen LogP contribution in [0.25, 0.3) is 16.6 Å². The third-order valence-electron chi connectivity index (χ3n) is 3.91. The average molecular weight is 313 g/mol. The van der Waals surface area contributed by atoms with Crippen LogP contribution in [0.2, 0.25) is 0 Å². The number of benzene rings is 2. The molecule has 0 radical (unpaired) electrons. The number of aromatic nitrogens is 2. The Labute approximate surface area is 139 Å². The molecular weight excluding hydrogens is 298 g/mol. The third kappa shape index (κ3) is 2.54. The van der Waals surface area contributed by atoms with E-state index in [0.717, 1.165) is 16.6 Å². The maximum atomic E-state index is 12.8. The Morgan fingerprint density at radius 2 is 1.67 bits per heavy atom. The van der Waals surface area contributed by atoms with Crippen molar-refractivity contribution in [2.45, 2.75) is 0 Å². The van der Waals surface area contributed by atoms with Gasteiger partial charge in [-0.15, -0.1) is 0 Å². The molecule has 2 aromatic heterocycles. The summed E-state index contributed by atoms with van der Waals surface area (Å²) < 4.78 is 1.93. The Hall–Kier alpha value is -3.40. The molecule has 0 aliphatic heterocycles. The zero-order valence-electron chi connectivity index (χ0n) is 12.9. The summed E-state index contributed by atoms with van der Waals surface area (Å²) in [4.78, 5) is 17.2. The molecule has 0 spiro atoms. The lowest BCUT2D eigenvalue weighted by molar-refractivity contribution is 0.102. The van der Waals surface area contributed by atoms with Crippen LogP contribution in [-0.4, -0.2) is 15.5 Å². The predicted octanol–water partition coefficient (Wildman–Crippen LogP) is 4.28. The fourth-order valence-electron chi connectivity index (χ4n) is 2.78. The van der Waals surface area contributed by atoms with Gasteiger partial charge in [-0.2, -0.15) is 0 Å². The number of nitrogens with one attached hydrogen (secondary N) is 1. The summed E-state index contributed by atoms with van der Waals surface area (Å²) in [5.41, 5.74) is 2.95. The second kappa shape index (κ2) is 6.01. The molecule has 24 heavy (non-hydrogen) atoms. The second-order valence-electron chi connectivity index (χ2n) is 5.44. The van der Waals surface area contributed by atoms with Crippen LogP contribution in [-0.2, 0) is 0 Å². The van der Waals surface area contributed by atoms with Gasteiger partial charge in [-0.3, -0.25) is 9.78 Å². The molecule has 0 atom stereocenters. The van der Waals surface area contributed by atoms with E-state index in [1.807, 2.05) is 83.7 Å². The van der Waals surface area contributed by atoms with Crippen LogP contribution < -0.4 is 5.32 Å². The van der Waals surface area contributed by atoms with Crippen molar-refractivity contribution in [1.82, 2.24) is 9.55 Å². The summed E-state index contributed by atoms with van der Waals surface area (Å²) in [5, 5.41) is 3.98. The summed E-state index contributed by atoms with van der Waals surface area (Å²) in [6, 6.07) is 21.0. The Morgan fingerprint density at radius 3 is 2.54 bits per heavy atom. The van der Waals surface area contributed by atoms with Gasteiger partial charge >= 0.3 is 0 Å². The average Bonchev–Trinajstić information content (AvgIpc) is 3.16. The number of carbonyl (C=O) groups excluding carboxylic acids is 1. The number of carbonyl (C=O) groups is 1. The molecule has 4 rings (SSSR count). The maximum absolute atomic E-state index is 12.8. The normalized spacial score (nSPS) is 10.7. The van der Waals surface area contributed by atoms with Crippen molar-refractivity contribution >= 4 is 22.5 Å². The Bertz CT molecular complexity index is 1000. The van der Waals surface area contributed by atoms with Crippen LogP contribution in [0.4, 0.5) is 5.69 Å². The predicted molar refractivity (Wildman–Crippen MR) is 95.5 cm³/mol. The number of para-hydroxylation sites is 2. The first-order chi connectivity index (χ1) is 11.8. The molecule has 0 saturated heterocycles. The summed E-state index contributed by atoms with van der Waals surface area (Å²) in [6.45, 7) is 0. The van der Waals surface area contributed by atoms with Gasteiger partial charge in [-0.25, -0.2) is 0 Å². The highest BCUT2D eigenvalue weighted by Crippen LogP contribution is 2.22. The minimum absolute atomic E-state index is 0.155. The van der Waals surface area contributed by atoms with Gasteiger partial charge in [0, 0.05) is 24.0 Å². The number of fused-ring (bicyclic) bond motifs is 1. The molecule has 0 aliphatic rings. The monoisotopic (exact) mass is 313 g/mol. The first kappa shape index (κ1) is 14.2. The molecule has 4 heteroatoms. The van der Waals surface area contributed by atoms with E-state index >= 15 is 0 Å². The Kier molecular flexibility index (Phi) is 3.56. The molecule has 0 bridgehead atoms. The number of hydrogen-bond acceptors (Lipinski definition) is 2. The summed E-state index contributed by atoms with van der Waals surface area (Å²) in [5.74, 6) is -0.155. The van der Waals surface area contributed by atoms with Crippen molar-refractivity contribution in [1.29, 1.82) is 0 Å². The summed E-state index contributed by atoms with van der Waals surface area (Å²) in [6.07, 6.45) is 5.57. The van der Waals surface area contributed by atoms with Gasteiger partial charge < -0.3 is 9.88 Å². The van der Waals surface area contributed by atoms with Gasteiger partial charge in [0.1, 0.15) is 0 Å². The first-order valence-electron chi connectivity index (χ1n) is 7.70.